The van der Waals surface area contributed by atoms with Gasteiger partial charge in [-0.05, 0) is 23.4 Å². The fraction of sp³-hybridized carbons (Fsp3) is 0.800. The van der Waals surface area contributed by atoms with Gasteiger partial charge in [-0.1, -0.05) is 20.8 Å². The van der Waals surface area contributed by atoms with E-state index in [9.17, 15) is 5.11 Å². The van der Waals surface area contributed by atoms with E-state index < -0.39 is 0 Å². The Kier molecular flexibility index (Phi) is 3.75. The normalized spacial score (nSPS) is 19.9. The number of aliphatic hydroxyl groups is 1. The Bertz CT molecular complexity index is 224. The van der Waals surface area contributed by atoms with E-state index in [-0.39, 0.29) is 19.1 Å². The zero-order chi connectivity index (χ0) is 10.8. The standard InChI is InChI=1S/C10H19BO3/c1-8(11-13-5-6-14-11)9(7-12)10(2,3)4/h12H,5-7H2,1-4H3/b9-8+. The van der Waals surface area contributed by atoms with Crippen LogP contribution in [0.25, 0.3) is 0 Å². The van der Waals surface area contributed by atoms with Crippen LogP contribution in [0, 0.1) is 5.41 Å². The molecule has 1 heterocycles. The van der Waals surface area contributed by atoms with E-state index in [2.05, 4.69) is 20.8 Å². The lowest BCUT2D eigenvalue weighted by Crippen LogP contribution is -2.24. The van der Waals surface area contributed by atoms with Gasteiger partial charge in [-0.2, -0.15) is 0 Å². The van der Waals surface area contributed by atoms with Crippen LogP contribution in [0.2, 0.25) is 0 Å². The third kappa shape index (κ3) is 2.59. The van der Waals surface area contributed by atoms with Crippen LogP contribution in [0.3, 0.4) is 0 Å². The lowest BCUT2D eigenvalue weighted by atomic mass is 9.70. The predicted molar refractivity (Wildman–Crippen MR) is 56.9 cm³/mol. The summed E-state index contributed by atoms with van der Waals surface area (Å²) in [6.07, 6.45) is 0. The van der Waals surface area contributed by atoms with Gasteiger partial charge in [0.15, 0.2) is 0 Å². The fourth-order valence-electron chi connectivity index (χ4n) is 1.70. The molecule has 0 saturated carbocycles. The van der Waals surface area contributed by atoms with Crippen LogP contribution in [0.5, 0.6) is 0 Å². The highest BCUT2D eigenvalue weighted by Gasteiger charge is 2.31. The summed E-state index contributed by atoms with van der Waals surface area (Å²) >= 11 is 0. The van der Waals surface area contributed by atoms with Crippen LogP contribution in [0.1, 0.15) is 27.7 Å². The van der Waals surface area contributed by atoms with Crippen LogP contribution in [-0.4, -0.2) is 32.0 Å². The van der Waals surface area contributed by atoms with E-state index in [4.69, 9.17) is 9.31 Å². The minimum absolute atomic E-state index is 0.0336. The van der Waals surface area contributed by atoms with E-state index >= 15 is 0 Å². The van der Waals surface area contributed by atoms with Crippen molar-refractivity contribution in [3.05, 3.63) is 11.0 Å². The van der Waals surface area contributed by atoms with Gasteiger partial charge in [0.2, 0.25) is 0 Å². The molecular formula is C10H19BO3. The summed E-state index contributed by atoms with van der Waals surface area (Å²) in [4.78, 5) is 0. The average molecular weight is 198 g/mol. The second-order valence-electron chi connectivity index (χ2n) is 4.64. The molecule has 3 nitrogen and oxygen atoms in total. The molecule has 1 aliphatic heterocycles. The van der Waals surface area contributed by atoms with Crippen LogP contribution < -0.4 is 0 Å². The van der Waals surface area contributed by atoms with Gasteiger partial charge in [0.1, 0.15) is 0 Å². The number of allylic oxidation sites excluding steroid dienone is 1. The summed E-state index contributed by atoms with van der Waals surface area (Å²) in [6.45, 7) is 9.56. The molecule has 1 aliphatic rings. The van der Waals surface area contributed by atoms with Gasteiger partial charge in [-0.25, -0.2) is 0 Å². The molecule has 0 spiro atoms. The zero-order valence-electron chi connectivity index (χ0n) is 9.46. The minimum Gasteiger partial charge on any atom is -0.405 e. The Morgan fingerprint density at radius 2 is 1.79 bits per heavy atom. The molecule has 0 radical (unpaired) electrons. The summed E-state index contributed by atoms with van der Waals surface area (Å²) in [7, 11) is -0.253. The van der Waals surface area contributed by atoms with Crippen molar-refractivity contribution in [3.63, 3.8) is 0 Å². The molecule has 0 aromatic carbocycles. The average Bonchev–Trinajstić information content (AvgIpc) is 2.53. The summed E-state index contributed by atoms with van der Waals surface area (Å²) < 4.78 is 10.8. The molecule has 0 aromatic rings. The lowest BCUT2D eigenvalue weighted by molar-refractivity contribution is 0.292. The SMILES string of the molecule is C/C(B1OCCO1)=C(/CO)C(C)(C)C. The van der Waals surface area contributed by atoms with Crippen molar-refractivity contribution in [1.29, 1.82) is 0 Å². The fourth-order valence-corrected chi connectivity index (χ4v) is 1.70. The Labute approximate surface area is 86.2 Å². The molecule has 0 bridgehead atoms. The first-order valence-electron chi connectivity index (χ1n) is 5.01. The molecule has 1 fully saturated rings. The van der Waals surface area contributed by atoms with Gasteiger partial charge >= 0.3 is 7.12 Å². The molecule has 1 N–H and O–H groups in total. The highest BCUT2D eigenvalue weighted by Crippen LogP contribution is 2.29. The summed E-state index contributed by atoms with van der Waals surface area (Å²) in [5.41, 5.74) is 1.98. The van der Waals surface area contributed by atoms with Gasteiger partial charge in [0.05, 0.1) is 19.8 Å². The van der Waals surface area contributed by atoms with E-state index in [1.807, 2.05) is 6.92 Å². The first-order chi connectivity index (χ1) is 6.46. The van der Waals surface area contributed by atoms with Crippen molar-refractivity contribution < 1.29 is 14.4 Å². The summed E-state index contributed by atoms with van der Waals surface area (Å²) in [5.74, 6) is 0. The van der Waals surface area contributed by atoms with E-state index in [1.54, 1.807) is 0 Å². The third-order valence-electron chi connectivity index (χ3n) is 2.51. The number of aliphatic hydroxyl groups excluding tert-OH is 1. The van der Waals surface area contributed by atoms with Gasteiger partial charge in [-0.3, -0.25) is 0 Å². The molecule has 4 heteroatoms. The van der Waals surface area contributed by atoms with E-state index in [1.165, 1.54) is 0 Å². The topological polar surface area (TPSA) is 38.7 Å². The van der Waals surface area contributed by atoms with Crippen molar-refractivity contribution in [3.8, 4) is 0 Å². The van der Waals surface area contributed by atoms with Crippen LogP contribution >= 0.6 is 0 Å². The van der Waals surface area contributed by atoms with Crippen molar-refractivity contribution >= 4 is 7.12 Å². The van der Waals surface area contributed by atoms with Crippen molar-refractivity contribution in [2.45, 2.75) is 27.7 Å². The Hall–Kier alpha value is -0.315. The molecule has 14 heavy (non-hydrogen) atoms. The Balaban J connectivity index is 2.86. The van der Waals surface area contributed by atoms with Crippen LogP contribution in [-0.2, 0) is 9.31 Å². The van der Waals surface area contributed by atoms with Crippen molar-refractivity contribution in [1.82, 2.24) is 0 Å². The zero-order valence-corrected chi connectivity index (χ0v) is 9.46. The quantitative estimate of drug-likeness (QED) is 0.682. The van der Waals surface area contributed by atoms with Crippen LogP contribution in [0.4, 0.5) is 0 Å². The van der Waals surface area contributed by atoms with E-state index in [0.29, 0.717) is 13.2 Å². The van der Waals surface area contributed by atoms with Crippen molar-refractivity contribution in [2.24, 2.45) is 5.41 Å². The monoisotopic (exact) mass is 198 g/mol. The molecule has 80 valence electrons. The Morgan fingerprint density at radius 1 is 1.29 bits per heavy atom. The highest BCUT2D eigenvalue weighted by molar-refractivity contribution is 6.54. The summed E-state index contributed by atoms with van der Waals surface area (Å²) in [6, 6.07) is 0. The molecule has 0 amide bonds. The lowest BCUT2D eigenvalue weighted by Gasteiger charge is -2.24. The van der Waals surface area contributed by atoms with Gasteiger partial charge in [0.25, 0.3) is 0 Å². The number of hydrogen-bond acceptors (Lipinski definition) is 3. The molecule has 1 rings (SSSR count). The smallest absolute Gasteiger partial charge is 0.405 e. The largest absolute Gasteiger partial charge is 0.489 e. The highest BCUT2D eigenvalue weighted by atomic mass is 16.6. The second kappa shape index (κ2) is 4.47. The number of hydrogen-bond donors (Lipinski definition) is 1. The molecule has 0 aliphatic carbocycles. The van der Waals surface area contributed by atoms with Gasteiger partial charge in [-0.15, -0.1) is 0 Å². The first-order valence-corrected chi connectivity index (χ1v) is 5.01. The summed E-state index contributed by atoms with van der Waals surface area (Å²) in [5, 5.41) is 9.32. The molecule has 0 unspecified atom stereocenters. The first kappa shape index (κ1) is 11.8. The Morgan fingerprint density at radius 3 is 2.14 bits per heavy atom. The van der Waals surface area contributed by atoms with Gasteiger partial charge < -0.3 is 14.4 Å². The maximum absolute atomic E-state index is 9.32. The third-order valence-corrected chi connectivity index (χ3v) is 2.51. The second-order valence-corrected chi connectivity index (χ2v) is 4.64. The molecule has 0 aromatic heterocycles. The molecule has 1 saturated heterocycles. The minimum atomic E-state index is -0.253. The maximum atomic E-state index is 9.32. The number of rotatable bonds is 2. The van der Waals surface area contributed by atoms with Gasteiger partial charge in [0, 0.05) is 0 Å². The van der Waals surface area contributed by atoms with E-state index in [0.717, 1.165) is 11.0 Å². The van der Waals surface area contributed by atoms with Crippen LogP contribution in [0.15, 0.2) is 11.0 Å². The molecule has 0 atom stereocenters. The predicted octanol–water partition coefficient (Wildman–Crippen LogP) is 1.42. The molecular weight excluding hydrogens is 179 g/mol. The van der Waals surface area contributed by atoms with Crippen molar-refractivity contribution in [2.75, 3.05) is 19.8 Å². The maximum Gasteiger partial charge on any atom is 0.489 e.